The van der Waals surface area contributed by atoms with Crippen molar-refractivity contribution in [3.63, 3.8) is 0 Å². The number of ether oxygens (including phenoxy) is 1. The van der Waals surface area contributed by atoms with Gasteiger partial charge in [0.1, 0.15) is 5.75 Å². The van der Waals surface area contributed by atoms with E-state index in [1.165, 1.54) is 0 Å². The van der Waals surface area contributed by atoms with Crippen LogP contribution in [0.4, 0.5) is 5.69 Å². The number of nitrogens with two attached hydrogens (primary N) is 1. The Labute approximate surface area is 99.7 Å². The van der Waals surface area contributed by atoms with E-state index in [9.17, 15) is 4.79 Å². The maximum atomic E-state index is 11.4. The van der Waals surface area contributed by atoms with Crippen molar-refractivity contribution in [2.24, 2.45) is 5.73 Å². The van der Waals surface area contributed by atoms with Gasteiger partial charge in [-0.1, -0.05) is 11.6 Å². The van der Waals surface area contributed by atoms with Gasteiger partial charge in [-0.3, -0.25) is 4.79 Å². The van der Waals surface area contributed by atoms with Gasteiger partial charge < -0.3 is 15.8 Å². The fourth-order valence-electron chi connectivity index (χ4n) is 1.29. The van der Waals surface area contributed by atoms with Gasteiger partial charge in [0.15, 0.2) is 0 Å². The molecule has 4 nitrogen and oxygen atoms in total. The number of rotatable bonds is 4. The third-order valence-corrected chi connectivity index (χ3v) is 2.44. The summed E-state index contributed by atoms with van der Waals surface area (Å²) in [6.07, 6.45) is 0.295. The summed E-state index contributed by atoms with van der Waals surface area (Å²) >= 11 is 5.96. The highest BCUT2D eigenvalue weighted by Crippen LogP contribution is 2.30. The predicted molar refractivity (Wildman–Crippen MR) is 65.0 cm³/mol. The number of benzene rings is 1. The van der Waals surface area contributed by atoms with Gasteiger partial charge in [-0.15, -0.1) is 0 Å². The molecule has 0 fully saturated rings. The van der Waals surface area contributed by atoms with Crippen LogP contribution in [0.1, 0.15) is 12.0 Å². The molecule has 1 aromatic rings. The maximum Gasteiger partial charge on any atom is 0.225 e. The van der Waals surface area contributed by atoms with Crippen LogP contribution in [-0.4, -0.2) is 19.6 Å². The van der Waals surface area contributed by atoms with E-state index in [4.69, 9.17) is 22.1 Å². The Morgan fingerprint density at radius 2 is 2.25 bits per heavy atom. The Morgan fingerprint density at radius 3 is 2.81 bits per heavy atom. The molecule has 0 unspecified atom stereocenters. The topological polar surface area (TPSA) is 64.3 Å². The van der Waals surface area contributed by atoms with Crippen molar-refractivity contribution in [1.29, 1.82) is 0 Å². The van der Waals surface area contributed by atoms with Crippen molar-refractivity contribution in [2.75, 3.05) is 19.0 Å². The zero-order valence-electron chi connectivity index (χ0n) is 9.34. The molecular weight excluding hydrogens is 228 g/mol. The van der Waals surface area contributed by atoms with Gasteiger partial charge in [0.25, 0.3) is 0 Å². The Hall–Kier alpha value is -1.26. The normalized spacial score (nSPS) is 10.0. The summed E-state index contributed by atoms with van der Waals surface area (Å²) in [5.41, 5.74) is 6.87. The second kappa shape index (κ2) is 5.72. The molecule has 0 aliphatic carbocycles. The summed E-state index contributed by atoms with van der Waals surface area (Å²) in [6.45, 7) is 2.20. The second-order valence-corrected chi connectivity index (χ2v) is 3.80. The summed E-state index contributed by atoms with van der Waals surface area (Å²) < 4.78 is 5.07. The van der Waals surface area contributed by atoms with Crippen LogP contribution in [-0.2, 0) is 4.79 Å². The van der Waals surface area contributed by atoms with Crippen LogP contribution in [0.2, 0.25) is 5.02 Å². The number of halogens is 1. The molecule has 0 heterocycles. The standard InChI is InChI=1S/C11H15ClN2O2/c1-7-5-10(16-2)8(12)6-9(7)14-11(15)3-4-13/h5-6H,3-4,13H2,1-2H3,(H,14,15). The molecule has 0 saturated heterocycles. The van der Waals surface area contributed by atoms with Crippen LogP contribution in [0.25, 0.3) is 0 Å². The molecule has 1 aromatic carbocycles. The molecule has 0 aliphatic rings. The first-order valence-electron chi connectivity index (χ1n) is 4.92. The van der Waals surface area contributed by atoms with E-state index in [-0.39, 0.29) is 5.91 Å². The van der Waals surface area contributed by atoms with Crippen LogP contribution in [0, 0.1) is 6.92 Å². The van der Waals surface area contributed by atoms with E-state index < -0.39 is 0 Å². The average Bonchev–Trinajstić information content (AvgIpc) is 2.23. The first-order valence-corrected chi connectivity index (χ1v) is 5.30. The fourth-order valence-corrected chi connectivity index (χ4v) is 1.53. The smallest absolute Gasteiger partial charge is 0.225 e. The van der Waals surface area contributed by atoms with Gasteiger partial charge in [0.05, 0.1) is 12.1 Å². The zero-order valence-corrected chi connectivity index (χ0v) is 10.1. The molecule has 0 aromatic heterocycles. The van der Waals surface area contributed by atoms with Crippen LogP contribution >= 0.6 is 11.6 Å². The fraction of sp³-hybridized carbons (Fsp3) is 0.364. The minimum absolute atomic E-state index is 0.119. The molecule has 1 amide bonds. The summed E-state index contributed by atoms with van der Waals surface area (Å²) in [4.78, 5) is 11.4. The highest BCUT2D eigenvalue weighted by Gasteiger charge is 2.08. The van der Waals surface area contributed by atoms with E-state index in [1.54, 1.807) is 19.2 Å². The third-order valence-electron chi connectivity index (χ3n) is 2.14. The molecular formula is C11H15ClN2O2. The molecule has 0 atom stereocenters. The molecule has 3 N–H and O–H groups in total. The summed E-state index contributed by atoms with van der Waals surface area (Å²) in [5, 5.41) is 3.21. The van der Waals surface area contributed by atoms with E-state index >= 15 is 0 Å². The van der Waals surface area contributed by atoms with E-state index in [1.807, 2.05) is 6.92 Å². The van der Waals surface area contributed by atoms with Gasteiger partial charge in [-0.2, -0.15) is 0 Å². The van der Waals surface area contributed by atoms with Crippen molar-refractivity contribution in [3.8, 4) is 5.75 Å². The number of hydrogen-bond donors (Lipinski definition) is 2. The van der Waals surface area contributed by atoms with Gasteiger partial charge >= 0.3 is 0 Å². The number of amides is 1. The van der Waals surface area contributed by atoms with Gasteiger partial charge in [-0.05, 0) is 24.6 Å². The van der Waals surface area contributed by atoms with Crippen molar-refractivity contribution >= 4 is 23.2 Å². The molecule has 0 aliphatic heterocycles. The minimum Gasteiger partial charge on any atom is -0.495 e. The number of nitrogens with one attached hydrogen (secondary N) is 1. The Kier molecular flexibility index (Phi) is 4.58. The number of methoxy groups -OCH3 is 1. The Morgan fingerprint density at radius 1 is 1.56 bits per heavy atom. The summed E-state index contributed by atoms with van der Waals surface area (Å²) in [6, 6.07) is 3.45. The number of hydrogen-bond acceptors (Lipinski definition) is 3. The van der Waals surface area contributed by atoms with Crippen molar-refractivity contribution < 1.29 is 9.53 Å². The monoisotopic (exact) mass is 242 g/mol. The Bertz CT molecular complexity index is 394. The average molecular weight is 243 g/mol. The van der Waals surface area contributed by atoms with Gasteiger partial charge in [0, 0.05) is 18.7 Å². The second-order valence-electron chi connectivity index (χ2n) is 3.39. The zero-order chi connectivity index (χ0) is 12.1. The largest absolute Gasteiger partial charge is 0.495 e. The molecule has 0 spiro atoms. The van der Waals surface area contributed by atoms with Crippen molar-refractivity contribution in [3.05, 3.63) is 22.7 Å². The molecule has 0 bridgehead atoms. The molecule has 5 heteroatoms. The molecule has 88 valence electrons. The molecule has 0 saturated carbocycles. The first-order chi connectivity index (χ1) is 7.58. The van der Waals surface area contributed by atoms with E-state index in [0.717, 1.165) is 5.56 Å². The summed E-state index contributed by atoms with van der Waals surface area (Å²) in [5.74, 6) is 0.475. The lowest BCUT2D eigenvalue weighted by molar-refractivity contribution is -0.116. The number of carbonyl (C=O) groups is 1. The predicted octanol–water partition coefficient (Wildman–Crippen LogP) is 1.94. The van der Waals surface area contributed by atoms with Gasteiger partial charge in [0.2, 0.25) is 5.91 Å². The first kappa shape index (κ1) is 12.8. The molecule has 0 radical (unpaired) electrons. The van der Waals surface area contributed by atoms with Crippen LogP contribution in [0.3, 0.4) is 0 Å². The minimum atomic E-state index is -0.119. The number of aryl methyl sites for hydroxylation is 1. The quantitative estimate of drug-likeness (QED) is 0.848. The highest BCUT2D eigenvalue weighted by atomic mass is 35.5. The lowest BCUT2D eigenvalue weighted by atomic mass is 10.2. The van der Waals surface area contributed by atoms with Gasteiger partial charge in [-0.25, -0.2) is 0 Å². The van der Waals surface area contributed by atoms with E-state index in [2.05, 4.69) is 5.32 Å². The van der Waals surface area contributed by atoms with Crippen LogP contribution < -0.4 is 15.8 Å². The van der Waals surface area contributed by atoms with Crippen LogP contribution in [0.5, 0.6) is 5.75 Å². The summed E-state index contributed by atoms with van der Waals surface area (Å²) in [7, 11) is 1.55. The third kappa shape index (κ3) is 3.12. The van der Waals surface area contributed by atoms with Crippen LogP contribution in [0.15, 0.2) is 12.1 Å². The highest BCUT2D eigenvalue weighted by molar-refractivity contribution is 6.32. The lowest BCUT2D eigenvalue weighted by Gasteiger charge is -2.11. The maximum absolute atomic E-state index is 11.4. The number of carbonyl (C=O) groups excluding carboxylic acids is 1. The lowest BCUT2D eigenvalue weighted by Crippen LogP contribution is -2.16. The van der Waals surface area contributed by atoms with E-state index in [0.29, 0.717) is 29.4 Å². The van der Waals surface area contributed by atoms with Crippen molar-refractivity contribution in [2.45, 2.75) is 13.3 Å². The molecule has 1 rings (SSSR count). The Balaban J connectivity index is 2.89. The molecule has 16 heavy (non-hydrogen) atoms. The van der Waals surface area contributed by atoms with Crippen molar-refractivity contribution in [1.82, 2.24) is 0 Å². The number of anilines is 1. The SMILES string of the molecule is COc1cc(C)c(NC(=O)CCN)cc1Cl.